The molecule has 1 aromatic rings. The van der Waals surface area contributed by atoms with Crippen LogP contribution in [0.25, 0.3) is 0 Å². The van der Waals surface area contributed by atoms with E-state index in [4.69, 9.17) is 4.74 Å². The zero-order valence-electron chi connectivity index (χ0n) is 7.82. The fourth-order valence-corrected chi connectivity index (χ4v) is 2.31. The van der Waals surface area contributed by atoms with Crippen molar-refractivity contribution in [1.82, 2.24) is 5.32 Å². The lowest BCUT2D eigenvalue weighted by Crippen LogP contribution is -2.33. The van der Waals surface area contributed by atoms with Gasteiger partial charge in [0.1, 0.15) is 0 Å². The van der Waals surface area contributed by atoms with Gasteiger partial charge in [0.15, 0.2) is 0 Å². The largest absolute Gasteiger partial charge is 0.377 e. The van der Waals surface area contributed by atoms with Crippen molar-refractivity contribution in [1.29, 1.82) is 0 Å². The third-order valence-electron chi connectivity index (χ3n) is 2.52. The molecule has 1 saturated heterocycles. The summed E-state index contributed by atoms with van der Waals surface area (Å²) in [6.07, 6.45) is 1.52. The fourth-order valence-electron chi connectivity index (χ4n) is 1.64. The highest BCUT2D eigenvalue weighted by Crippen LogP contribution is 2.14. The van der Waals surface area contributed by atoms with Crippen LogP contribution in [-0.4, -0.2) is 18.8 Å². The summed E-state index contributed by atoms with van der Waals surface area (Å²) >= 11 is 1.75. The predicted molar refractivity (Wildman–Crippen MR) is 55.0 cm³/mol. The van der Waals surface area contributed by atoms with Crippen LogP contribution in [0.15, 0.2) is 16.8 Å². The minimum atomic E-state index is 0.374. The van der Waals surface area contributed by atoms with Crippen molar-refractivity contribution in [2.75, 3.05) is 6.61 Å². The Balaban J connectivity index is 1.79. The highest BCUT2D eigenvalue weighted by atomic mass is 32.1. The Bertz CT molecular complexity index is 247. The first-order valence-electron chi connectivity index (χ1n) is 4.72. The average Bonchev–Trinajstić information content (AvgIpc) is 2.72. The lowest BCUT2D eigenvalue weighted by molar-refractivity contribution is 0.113. The maximum absolute atomic E-state index is 5.48. The first kappa shape index (κ1) is 9.19. The molecule has 0 radical (unpaired) electrons. The summed E-state index contributed by atoms with van der Waals surface area (Å²) in [5.41, 5.74) is 1.38. The van der Waals surface area contributed by atoms with E-state index in [9.17, 15) is 0 Å². The first-order valence-corrected chi connectivity index (χ1v) is 5.66. The highest BCUT2D eigenvalue weighted by Gasteiger charge is 2.23. The number of rotatable bonds is 3. The van der Waals surface area contributed by atoms with Gasteiger partial charge in [-0.3, -0.25) is 0 Å². The second-order valence-corrected chi connectivity index (χ2v) is 4.26. The summed E-state index contributed by atoms with van der Waals surface area (Å²) in [4.78, 5) is 0. The number of ether oxygens (including phenoxy) is 1. The van der Waals surface area contributed by atoms with Crippen LogP contribution in [0.2, 0.25) is 0 Å². The molecule has 1 fully saturated rings. The Labute approximate surface area is 82.9 Å². The van der Waals surface area contributed by atoms with Gasteiger partial charge in [-0.05, 0) is 35.7 Å². The summed E-state index contributed by atoms with van der Waals surface area (Å²) in [6, 6.07) is 2.71. The van der Waals surface area contributed by atoms with Crippen molar-refractivity contribution in [3.8, 4) is 0 Å². The summed E-state index contributed by atoms with van der Waals surface area (Å²) in [6.45, 7) is 4.02. The molecular formula is C10H15NOS. The molecule has 0 saturated carbocycles. The zero-order chi connectivity index (χ0) is 9.10. The van der Waals surface area contributed by atoms with Crippen LogP contribution in [0, 0.1) is 0 Å². The van der Waals surface area contributed by atoms with Crippen LogP contribution in [0.1, 0.15) is 18.9 Å². The summed E-state index contributed by atoms with van der Waals surface area (Å²) in [5, 5.41) is 7.82. The van der Waals surface area contributed by atoms with E-state index in [-0.39, 0.29) is 0 Å². The third kappa shape index (κ3) is 2.30. The van der Waals surface area contributed by atoms with Gasteiger partial charge in [0, 0.05) is 19.2 Å². The van der Waals surface area contributed by atoms with E-state index in [2.05, 4.69) is 29.1 Å². The van der Waals surface area contributed by atoms with E-state index < -0.39 is 0 Å². The number of hydrogen-bond acceptors (Lipinski definition) is 3. The average molecular weight is 197 g/mol. The molecule has 72 valence electrons. The van der Waals surface area contributed by atoms with E-state index in [1.165, 1.54) is 5.56 Å². The maximum Gasteiger partial charge on any atom is 0.0700 e. The molecule has 2 atom stereocenters. The van der Waals surface area contributed by atoms with E-state index in [1.807, 2.05) is 0 Å². The molecule has 2 nitrogen and oxygen atoms in total. The van der Waals surface area contributed by atoms with Crippen molar-refractivity contribution in [3.63, 3.8) is 0 Å². The molecule has 0 unspecified atom stereocenters. The molecule has 0 aromatic carbocycles. The molecule has 1 aromatic heterocycles. The first-order chi connectivity index (χ1) is 6.36. The molecule has 1 N–H and O–H groups in total. The summed E-state index contributed by atoms with van der Waals surface area (Å²) in [7, 11) is 0. The lowest BCUT2D eigenvalue weighted by Gasteiger charge is -2.15. The number of hydrogen-bond donors (Lipinski definition) is 1. The smallest absolute Gasteiger partial charge is 0.0700 e. The monoisotopic (exact) mass is 197 g/mol. The van der Waals surface area contributed by atoms with Gasteiger partial charge in [-0.2, -0.15) is 11.3 Å². The fraction of sp³-hybridized carbons (Fsp3) is 0.600. The van der Waals surface area contributed by atoms with Crippen molar-refractivity contribution in [3.05, 3.63) is 22.4 Å². The van der Waals surface area contributed by atoms with Crippen LogP contribution in [-0.2, 0) is 11.3 Å². The van der Waals surface area contributed by atoms with Crippen LogP contribution < -0.4 is 5.32 Å². The molecule has 0 aliphatic carbocycles. The van der Waals surface area contributed by atoms with Crippen molar-refractivity contribution in [2.45, 2.75) is 32.0 Å². The molecule has 0 bridgehead atoms. The Morgan fingerprint density at radius 3 is 3.23 bits per heavy atom. The van der Waals surface area contributed by atoms with E-state index in [0.29, 0.717) is 12.1 Å². The minimum Gasteiger partial charge on any atom is -0.377 e. The Kier molecular flexibility index (Phi) is 2.98. The van der Waals surface area contributed by atoms with Gasteiger partial charge in [-0.15, -0.1) is 0 Å². The SMILES string of the molecule is C[C@H]1OCC[C@H]1NCc1ccsc1. The molecule has 2 heterocycles. The van der Waals surface area contributed by atoms with Gasteiger partial charge >= 0.3 is 0 Å². The van der Waals surface area contributed by atoms with E-state index in [1.54, 1.807) is 11.3 Å². The van der Waals surface area contributed by atoms with Crippen LogP contribution >= 0.6 is 11.3 Å². The summed E-state index contributed by atoms with van der Waals surface area (Å²) in [5.74, 6) is 0. The Morgan fingerprint density at radius 1 is 1.69 bits per heavy atom. The topological polar surface area (TPSA) is 21.3 Å². The van der Waals surface area contributed by atoms with Gasteiger partial charge in [-0.1, -0.05) is 0 Å². The zero-order valence-corrected chi connectivity index (χ0v) is 8.64. The standard InChI is InChI=1S/C10H15NOS/c1-8-10(2-4-12-8)11-6-9-3-5-13-7-9/h3,5,7-8,10-11H,2,4,6H2,1H3/t8-,10-/m1/s1. The molecule has 1 aliphatic rings. The second kappa shape index (κ2) is 4.22. The quantitative estimate of drug-likeness (QED) is 0.800. The maximum atomic E-state index is 5.48. The van der Waals surface area contributed by atoms with Gasteiger partial charge in [-0.25, -0.2) is 0 Å². The minimum absolute atomic E-state index is 0.374. The molecule has 0 spiro atoms. The normalized spacial score (nSPS) is 28.1. The second-order valence-electron chi connectivity index (χ2n) is 3.48. The predicted octanol–water partition coefficient (Wildman–Crippen LogP) is 2.02. The highest BCUT2D eigenvalue weighted by molar-refractivity contribution is 7.07. The van der Waals surface area contributed by atoms with Crippen LogP contribution in [0.4, 0.5) is 0 Å². The van der Waals surface area contributed by atoms with Crippen molar-refractivity contribution < 1.29 is 4.74 Å². The van der Waals surface area contributed by atoms with Gasteiger partial charge in [0.05, 0.1) is 6.10 Å². The van der Waals surface area contributed by atoms with Gasteiger partial charge in [0.25, 0.3) is 0 Å². The van der Waals surface area contributed by atoms with Crippen LogP contribution in [0.3, 0.4) is 0 Å². The van der Waals surface area contributed by atoms with Gasteiger partial charge < -0.3 is 10.1 Å². The molecule has 0 amide bonds. The Morgan fingerprint density at radius 2 is 2.62 bits per heavy atom. The van der Waals surface area contributed by atoms with Gasteiger partial charge in [0.2, 0.25) is 0 Å². The number of thiophene rings is 1. The van der Waals surface area contributed by atoms with Crippen molar-refractivity contribution in [2.24, 2.45) is 0 Å². The lowest BCUT2D eigenvalue weighted by atomic mass is 10.1. The van der Waals surface area contributed by atoms with Crippen LogP contribution in [0.5, 0.6) is 0 Å². The summed E-state index contributed by atoms with van der Waals surface area (Å²) < 4.78 is 5.48. The number of nitrogens with one attached hydrogen (secondary N) is 1. The Hall–Kier alpha value is -0.380. The molecule has 1 aliphatic heterocycles. The van der Waals surface area contributed by atoms with Crippen molar-refractivity contribution >= 4 is 11.3 Å². The molecule has 2 rings (SSSR count). The molecule has 13 heavy (non-hydrogen) atoms. The molecule has 3 heteroatoms. The van der Waals surface area contributed by atoms with E-state index >= 15 is 0 Å². The molecular weight excluding hydrogens is 182 g/mol. The van der Waals surface area contributed by atoms with E-state index in [0.717, 1.165) is 19.6 Å². The third-order valence-corrected chi connectivity index (χ3v) is 3.26.